The Hall–Kier alpha value is -1.82. The molecule has 0 spiro atoms. The third-order valence-corrected chi connectivity index (χ3v) is 3.96. The van der Waals surface area contributed by atoms with Gasteiger partial charge in [0.2, 0.25) is 5.91 Å². The van der Waals surface area contributed by atoms with Gasteiger partial charge in [-0.2, -0.15) is 5.26 Å². The Kier molecular flexibility index (Phi) is 5.17. The summed E-state index contributed by atoms with van der Waals surface area (Å²) in [5, 5.41) is 12.4. The van der Waals surface area contributed by atoms with Gasteiger partial charge in [-0.1, -0.05) is 49.1 Å². The molecule has 1 aliphatic rings. The molecule has 0 aliphatic heterocycles. The number of nitrogens with zero attached hydrogens (tertiary/aromatic N) is 1. The van der Waals surface area contributed by atoms with E-state index in [2.05, 4.69) is 11.4 Å². The molecule has 0 radical (unpaired) electrons. The van der Waals surface area contributed by atoms with Gasteiger partial charge in [0.1, 0.15) is 0 Å². The molecule has 3 nitrogen and oxygen atoms in total. The monoisotopic (exact) mass is 270 g/mol. The maximum Gasteiger partial charge on any atom is 0.221 e. The standard InChI is InChI=1S/C17H22N2O/c1-13-6-5-7-14(10-13)15(12-18)11-17(20)19-16-8-3-2-4-9-16/h5-7,10,15-16H,2-4,8-9,11H2,1H3,(H,19,20). The number of benzene rings is 1. The Balaban J connectivity index is 1.92. The van der Waals surface area contributed by atoms with Crippen molar-refractivity contribution in [1.29, 1.82) is 5.26 Å². The molecule has 0 saturated heterocycles. The summed E-state index contributed by atoms with van der Waals surface area (Å²) in [4.78, 5) is 12.1. The van der Waals surface area contributed by atoms with Gasteiger partial charge in [0.25, 0.3) is 0 Å². The number of rotatable bonds is 4. The minimum absolute atomic E-state index is 0.00459. The van der Waals surface area contributed by atoms with Gasteiger partial charge in [0.15, 0.2) is 0 Å². The van der Waals surface area contributed by atoms with Crippen LogP contribution in [0.4, 0.5) is 0 Å². The lowest BCUT2D eigenvalue weighted by Crippen LogP contribution is -2.36. The molecule has 1 saturated carbocycles. The Morgan fingerprint density at radius 1 is 1.40 bits per heavy atom. The van der Waals surface area contributed by atoms with E-state index in [9.17, 15) is 10.1 Å². The predicted molar refractivity (Wildman–Crippen MR) is 79.2 cm³/mol. The van der Waals surface area contributed by atoms with Gasteiger partial charge in [-0.3, -0.25) is 4.79 Å². The fraction of sp³-hybridized carbons (Fsp3) is 0.529. The van der Waals surface area contributed by atoms with Crippen molar-refractivity contribution < 1.29 is 4.79 Å². The van der Waals surface area contributed by atoms with Crippen LogP contribution in [0.2, 0.25) is 0 Å². The minimum atomic E-state index is -0.349. The number of carbonyl (C=O) groups excluding carboxylic acids is 1. The Morgan fingerprint density at radius 2 is 2.15 bits per heavy atom. The summed E-state index contributed by atoms with van der Waals surface area (Å²) < 4.78 is 0. The fourth-order valence-corrected chi connectivity index (χ4v) is 2.84. The fourth-order valence-electron chi connectivity index (χ4n) is 2.84. The number of aryl methyl sites for hydroxylation is 1. The van der Waals surface area contributed by atoms with Gasteiger partial charge in [0, 0.05) is 12.5 Å². The van der Waals surface area contributed by atoms with Crippen LogP contribution in [-0.2, 0) is 4.79 Å². The van der Waals surface area contributed by atoms with Crippen molar-refractivity contribution in [2.24, 2.45) is 0 Å². The van der Waals surface area contributed by atoms with Crippen LogP contribution in [0.1, 0.15) is 55.6 Å². The largest absolute Gasteiger partial charge is 0.353 e. The number of nitrogens with one attached hydrogen (secondary N) is 1. The molecule has 1 aliphatic carbocycles. The molecule has 2 rings (SSSR count). The average Bonchev–Trinajstić information content (AvgIpc) is 2.46. The highest BCUT2D eigenvalue weighted by Gasteiger charge is 2.19. The van der Waals surface area contributed by atoms with Crippen molar-refractivity contribution in [3.8, 4) is 6.07 Å². The quantitative estimate of drug-likeness (QED) is 0.911. The summed E-state index contributed by atoms with van der Waals surface area (Å²) in [7, 11) is 0. The molecule has 1 fully saturated rings. The smallest absolute Gasteiger partial charge is 0.221 e. The lowest BCUT2D eigenvalue weighted by atomic mass is 9.93. The molecule has 1 aromatic rings. The van der Waals surface area contributed by atoms with E-state index in [-0.39, 0.29) is 18.2 Å². The van der Waals surface area contributed by atoms with Crippen molar-refractivity contribution >= 4 is 5.91 Å². The maximum absolute atomic E-state index is 12.1. The summed E-state index contributed by atoms with van der Waals surface area (Å²) in [6, 6.07) is 10.4. The number of hydrogen-bond acceptors (Lipinski definition) is 2. The van der Waals surface area contributed by atoms with Gasteiger partial charge in [-0.15, -0.1) is 0 Å². The zero-order valence-corrected chi connectivity index (χ0v) is 12.1. The second-order valence-electron chi connectivity index (χ2n) is 5.70. The third kappa shape index (κ3) is 4.09. The zero-order chi connectivity index (χ0) is 14.4. The first-order chi connectivity index (χ1) is 9.69. The summed E-state index contributed by atoms with van der Waals surface area (Å²) in [6.07, 6.45) is 6.09. The average molecular weight is 270 g/mol. The molecular formula is C17H22N2O. The molecule has 106 valence electrons. The van der Waals surface area contributed by atoms with Crippen LogP contribution >= 0.6 is 0 Å². The minimum Gasteiger partial charge on any atom is -0.353 e. The molecule has 0 bridgehead atoms. The molecule has 1 atom stereocenters. The summed E-state index contributed by atoms with van der Waals surface area (Å²) >= 11 is 0. The SMILES string of the molecule is Cc1cccc(C(C#N)CC(=O)NC2CCCCC2)c1. The van der Waals surface area contributed by atoms with Crippen molar-refractivity contribution in [2.75, 3.05) is 0 Å². The highest BCUT2D eigenvalue weighted by Crippen LogP contribution is 2.21. The number of carbonyl (C=O) groups is 1. The topological polar surface area (TPSA) is 52.9 Å². The lowest BCUT2D eigenvalue weighted by Gasteiger charge is -2.23. The molecule has 0 heterocycles. The number of hydrogen-bond donors (Lipinski definition) is 1. The van der Waals surface area contributed by atoms with E-state index >= 15 is 0 Å². The summed E-state index contributed by atoms with van der Waals surface area (Å²) in [5.41, 5.74) is 2.06. The molecule has 0 aromatic heterocycles. The van der Waals surface area contributed by atoms with E-state index in [4.69, 9.17) is 0 Å². The first-order valence-electron chi connectivity index (χ1n) is 7.44. The second kappa shape index (κ2) is 7.09. The van der Waals surface area contributed by atoms with Crippen LogP contribution in [0.15, 0.2) is 24.3 Å². The third-order valence-electron chi connectivity index (χ3n) is 3.96. The van der Waals surface area contributed by atoms with Crippen LogP contribution < -0.4 is 5.32 Å². The highest BCUT2D eigenvalue weighted by molar-refractivity contribution is 5.77. The Labute approximate surface area is 121 Å². The van der Waals surface area contributed by atoms with Gasteiger partial charge in [-0.25, -0.2) is 0 Å². The maximum atomic E-state index is 12.1. The summed E-state index contributed by atoms with van der Waals surface area (Å²) in [5.74, 6) is -0.344. The van der Waals surface area contributed by atoms with Gasteiger partial charge in [0.05, 0.1) is 12.0 Å². The van der Waals surface area contributed by atoms with E-state index in [0.717, 1.165) is 24.0 Å². The van der Waals surface area contributed by atoms with Crippen LogP contribution in [0.3, 0.4) is 0 Å². The number of amides is 1. The van der Waals surface area contributed by atoms with Gasteiger partial charge in [-0.05, 0) is 25.3 Å². The van der Waals surface area contributed by atoms with Crippen LogP contribution in [0, 0.1) is 18.3 Å². The van der Waals surface area contributed by atoms with E-state index in [1.165, 1.54) is 19.3 Å². The molecule has 1 amide bonds. The normalized spacial score (nSPS) is 17.2. The van der Waals surface area contributed by atoms with Gasteiger partial charge < -0.3 is 5.32 Å². The number of nitriles is 1. The highest BCUT2D eigenvalue weighted by atomic mass is 16.1. The lowest BCUT2D eigenvalue weighted by molar-refractivity contribution is -0.122. The van der Waals surface area contributed by atoms with E-state index in [1.807, 2.05) is 31.2 Å². The van der Waals surface area contributed by atoms with Gasteiger partial charge >= 0.3 is 0 Å². The van der Waals surface area contributed by atoms with E-state index < -0.39 is 0 Å². The predicted octanol–water partition coefficient (Wildman–Crippen LogP) is 3.44. The molecular weight excluding hydrogens is 248 g/mol. The van der Waals surface area contributed by atoms with Crippen molar-refractivity contribution in [2.45, 2.75) is 57.4 Å². The summed E-state index contributed by atoms with van der Waals surface area (Å²) in [6.45, 7) is 2.00. The van der Waals surface area contributed by atoms with Crippen molar-refractivity contribution in [1.82, 2.24) is 5.32 Å². The Bertz CT molecular complexity index is 498. The molecule has 20 heavy (non-hydrogen) atoms. The molecule has 1 N–H and O–H groups in total. The first-order valence-corrected chi connectivity index (χ1v) is 7.44. The molecule has 1 aromatic carbocycles. The molecule has 1 unspecified atom stereocenters. The van der Waals surface area contributed by atoms with E-state index in [1.54, 1.807) is 0 Å². The van der Waals surface area contributed by atoms with Crippen LogP contribution in [0.25, 0.3) is 0 Å². The second-order valence-corrected chi connectivity index (χ2v) is 5.70. The van der Waals surface area contributed by atoms with Crippen molar-refractivity contribution in [3.63, 3.8) is 0 Å². The van der Waals surface area contributed by atoms with Crippen LogP contribution in [-0.4, -0.2) is 11.9 Å². The first kappa shape index (κ1) is 14.6. The Morgan fingerprint density at radius 3 is 2.80 bits per heavy atom. The van der Waals surface area contributed by atoms with E-state index in [0.29, 0.717) is 6.04 Å². The molecule has 3 heteroatoms. The van der Waals surface area contributed by atoms with Crippen LogP contribution in [0.5, 0.6) is 0 Å². The van der Waals surface area contributed by atoms with Crippen molar-refractivity contribution in [3.05, 3.63) is 35.4 Å². The zero-order valence-electron chi connectivity index (χ0n) is 12.1.